The largest absolute Gasteiger partial charge is 0.432 e. The number of rotatable bonds is 2. The van der Waals surface area contributed by atoms with E-state index in [1.54, 1.807) is 0 Å². The highest BCUT2D eigenvalue weighted by Crippen LogP contribution is 2.24. The lowest BCUT2D eigenvalue weighted by atomic mass is 10.3. The summed E-state index contributed by atoms with van der Waals surface area (Å²) in [6, 6.07) is 0.851. The second-order valence-electron chi connectivity index (χ2n) is 2.13. The first kappa shape index (κ1) is 8.15. The van der Waals surface area contributed by atoms with Crippen LogP contribution in [0.15, 0.2) is 12.1 Å². The van der Waals surface area contributed by atoms with Crippen LogP contribution >= 0.6 is 0 Å². The van der Waals surface area contributed by atoms with Crippen LogP contribution in [-0.2, 0) is 0 Å². The summed E-state index contributed by atoms with van der Waals surface area (Å²) in [5, 5.41) is 0. The molecule has 0 fully saturated rings. The highest BCUT2D eigenvalue weighted by molar-refractivity contribution is 5.44. The molecule has 72 valence electrons. The zero-order chi connectivity index (χ0) is 10.9. The van der Waals surface area contributed by atoms with Gasteiger partial charge in [0.15, 0.2) is 12.9 Å². The van der Waals surface area contributed by atoms with Gasteiger partial charge >= 0.3 is 6.59 Å². The Morgan fingerprint density at radius 1 is 1.31 bits per heavy atom. The molecule has 0 saturated carbocycles. The molecule has 0 unspecified atom stereocenters. The van der Waals surface area contributed by atoms with Gasteiger partial charge in [0.2, 0.25) is 0 Å². The van der Waals surface area contributed by atoms with Gasteiger partial charge in [0.25, 0.3) is 0 Å². The predicted octanol–water partition coefficient (Wildman–Crippen LogP) is 2.15. The van der Waals surface area contributed by atoms with E-state index in [1.165, 1.54) is 0 Å². The molecule has 0 radical (unpaired) electrons. The quantitative estimate of drug-likeness (QED) is 0.581. The summed E-state index contributed by atoms with van der Waals surface area (Å²) in [6.45, 7) is -4.32. The SMILES string of the molecule is [2H]C(F)(F)Oc1cc(F)c(N)cc1F. The maximum Gasteiger partial charge on any atom is 0.387 e. The molecule has 1 aromatic rings. The van der Waals surface area contributed by atoms with Crippen molar-refractivity contribution >= 4 is 5.69 Å². The van der Waals surface area contributed by atoms with Crippen LogP contribution in [0.1, 0.15) is 1.37 Å². The van der Waals surface area contributed by atoms with Gasteiger partial charge in [-0.25, -0.2) is 8.78 Å². The number of ether oxygens (including phenoxy) is 1. The van der Waals surface area contributed by atoms with E-state index in [0.29, 0.717) is 12.1 Å². The van der Waals surface area contributed by atoms with Crippen molar-refractivity contribution in [2.45, 2.75) is 6.59 Å². The average Bonchev–Trinajstić information content (AvgIpc) is 1.97. The number of anilines is 1. The monoisotopic (exact) mass is 196 g/mol. The van der Waals surface area contributed by atoms with Gasteiger partial charge in [-0.3, -0.25) is 0 Å². The molecule has 1 aromatic carbocycles. The summed E-state index contributed by atoms with van der Waals surface area (Å²) in [4.78, 5) is 0. The lowest BCUT2D eigenvalue weighted by molar-refractivity contribution is -0.0523. The van der Waals surface area contributed by atoms with Crippen LogP contribution in [0, 0.1) is 11.6 Å². The second kappa shape index (κ2) is 3.51. The molecule has 0 amide bonds. The summed E-state index contributed by atoms with van der Waals surface area (Å²) in [5.74, 6) is -3.40. The van der Waals surface area contributed by atoms with Crippen molar-refractivity contribution in [2.75, 3.05) is 5.73 Å². The summed E-state index contributed by atoms with van der Waals surface area (Å²) in [5.41, 5.74) is 4.42. The molecule has 0 bridgehead atoms. The lowest BCUT2D eigenvalue weighted by Gasteiger charge is -2.06. The van der Waals surface area contributed by atoms with Crippen LogP contribution < -0.4 is 10.5 Å². The number of hydrogen-bond donors (Lipinski definition) is 1. The van der Waals surface area contributed by atoms with Gasteiger partial charge in [0.05, 0.1) is 5.69 Å². The van der Waals surface area contributed by atoms with Gasteiger partial charge in [0, 0.05) is 12.1 Å². The lowest BCUT2D eigenvalue weighted by Crippen LogP contribution is -2.05. The standard InChI is InChI=1S/C7H5F4NO/c8-3-2-6(13-7(10)11)4(9)1-5(3)12/h1-2,7H,12H2/i7D. The van der Waals surface area contributed by atoms with Gasteiger partial charge in [-0.15, -0.1) is 0 Å². The predicted molar refractivity (Wildman–Crippen MR) is 37.4 cm³/mol. The van der Waals surface area contributed by atoms with Crippen molar-refractivity contribution in [3.05, 3.63) is 23.8 Å². The molecule has 0 aromatic heterocycles. The maximum atomic E-state index is 12.8. The summed E-state index contributed by atoms with van der Waals surface area (Å²) in [6.07, 6.45) is 0. The average molecular weight is 196 g/mol. The number of nitrogen functional groups attached to an aromatic ring is 1. The Morgan fingerprint density at radius 2 is 1.92 bits per heavy atom. The maximum absolute atomic E-state index is 12.8. The first-order chi connectivity index (χ1) is 6.29. The summed E-state index contributed by atoms with van der Waals surface area (Å²) < 4.78 is 58.9. The second-order valence-corrected chi connectivity index (χ2v) is 2.13. The topological polar surface area (TPSA) is 35.2 Å². The molecule has 0 atom stereocenters. The Kier molecular flexibility index (Phi) is 2.20. The van der Waals surface area contributed by atoms with Crippen molar-refractivity contribution in [2.24, 2.45) is 0 Å². The Hall–Kier alpha value is -1.46. The minimum Gasteiger partial charge on any atom is -0.432 e. The fourth-order valence-corrected chi connectivity index (χ4v) is 0.705. The van der Waals surface area contributed by atoms with E-state index in [-0.39, 0.29) is 0 Å². The van der Waals surface area contributed by atoms with Crippen LogP contribution in [0.4, 0.5) is 23.2 Å². The van der Waals surface area contributed by atoms with Gasteiger partial charge in [0.1, 0.15) is 5.82 Å². The molecule has 0 spiro atoms. The van der Waals surface area contributed by atoms with Gasteiger partial charge in [-0.2, -0.15) is 8.78 Å². The molecule has 0 heterocycles. The molecule has 1 rings (SSSR count). The van der Waals surface area contributed by atoms with Crippen molar-refractivity contribution in [1.82, 2.24) is 0 Å². The van der Waals surface area contributed by atoms with Crippen molar-refractivity contribution in [3.63, 3.8) is 0 Å². The van der Waals surface area contributed by atoms with Crippen LogP contribution in [-0.4, -0.2) is 6.59 Å². The van der Waals surface area contributed by atoms with E-state index >= 15 is 0 Å². The Morgan fingerprint density at radius 3 is 2.46 bits per heavy atom. The minimum absolute atomic E-state index is 0.354. The fourth-order valence-electron chi connectivity index (χ4n) is 0.705. The minimum atomic E-state index is -4.32. The molecule has 2 nitrogen and oxygen atoms in total. The molecule has 13 heavy (non-hydrogen) atoms. The van der Waals surface area contributed by atoms with E-state index in [1.807, 2.05) is 0 Å². The number of benzene rings is 1. The van der Waals surface area contributed by atoms with Gasteiger partial charge < -0.3 is 10.5 Å². The van der Waals surface area contributed by atoms with Gasteiger partial charge in [-0.1, -0.05) is 0 Å². The number of hydrogen-bond acceptors (Lipinski definition) is 2. The molecule has 2 N–H and O–H groups in total. The number of alkyl halides is 2. The molecule has 0 aliphatic carbocycles. The van der Waals surface area contributed by atoms with E-state index in [0.717, 1.165) is 0 Å². The fraction of sp³-hybridized carbons (Fsp3) is 0.143. The summed E-state index contributed by atoms with van der Waals surface area (Å²) >= 11 is 0. The Labute approximate surface area is 72.3 Å². The third-order valence-electron chi connectivity index (χ3n) is 1.24. The summed E-state index contributed by atoms with van der Waals surface area (Å²) in [7, 11) is 0. The van der Waals surface area contributed by atoms with E-state index < -0.39 is 29.7 Å². The molecular weight excluding hydrogens is 190 g/mol. The van der Waals surface area contributed by atoms with Crippen LogP contribution in [0.2, 0.25) is 0 Å². The molecule has 0 aliphatic rings. The van der Waals surface area contributed by atoms with E-state index in [9.17, 15) is 17.6 Å². The number of halogens is 4. The third-order valence-corrected chi connectivity index (χ3v) is 1.24. The Bertz CT molecular complexity index is 352. The highest BCUT2D eigenvalue weighted by atomic mass is 19.3. The van der Waals surface area contributed by atoms with E-state index in [4.69, 9.17) is 7.10 Å². The smallest absolute Gasteiger partial charge is 0.387 e. The van der Waals surface area contributed by atoms with Crippen molar-refractivity contribution in [3.8, 4) is 5.75 Å². The zero-order valence-electron chi connectivity index (χ0n) is 7.15. The third kappa shape index (κ3) is 2.24. The van der Waals surface area contributed by atoms with Crippen molar-refractivity contribution in [1.29, 1.82) is 0 Å². The molecule has 0 aliphatic heterocycles. The molecule has 6 heteroatoms. The zero-order valence-corrected chi connectivity index (χ0v) is 6.15. The first-order valence-electron chi connectivity index (χ1n) is 3.61. The normalized spacial score (nSPS) is 12.5. The Balaban J connectivity index is 3.04. The van der Waals surface area contributed by atoms with Crippen LogP contribution in [0.25, 0.3) is 0 Å². The van der Waals surface area contributed by atoms with Crippen LogP contribution in [0.5, 0.6) is 5.75 Å². The van der Waals surface area contributed by atoms with E-state index in [2.05, 4.69) is 4.74 Å². The van der Waals surface area contributed by atoms with Crippen molar-refractivity contribution < 1.29 is 23.7 Å². The molecule has 0 saturated heterocycles. The number of nitrogens with two attached hydrogens (primary N) is 1. The molecular formula is C7H5F4NO. The first-order valence-corrected chi connectivity index (χ1v) is 3.11. The van der Waals surface area contributed by atoms with Gasteiger partial charge in [-0.05, 0) is 0 Å². The van der Waals surface area contributed by atoms with Crippen LogP contribution in [0.3, 0.4) is 0 Å². The highest BCUT2D eigenvalue weighted by Gasteiger charge is 2.12.